The lowest BCUT2D eigenvalue weighted by atomic mass is 10.1. The number of nitrogens with zero attached hydrogens (tertiary/aromatic N) is 3. The quantitative estimate of drug-likeness (QED) is 0.357. The summed E-state index contributed by atoms with van der Waals surface area (Å²) in [5, 5.41) is 11.3. The van der Waals surface area contributed by atoms with E-state index in [1.54, 1.807) is 37.3 Å². The molecule has 0 aromatic heterocycles. The first-order valence-corrected chi connectivity index (χ1v) is 6.99. The highest BCUT2D eigenvalue weighted by molar-refractivity contribution is 6.05. The van der Waals surface area contributed by atoms with Gasteiger partial charge in [-0.3, -0.25) is 14.9 Å². The molecule has 7 heteroatoms. The van der Waals surface area contributed by atoms with E-state index in [0.29, 0.717) is 37.6 Å². The van der Waals surface area contributed by atoms with Crippen molar-refractivity contribution in [2.24, 2.45) is 0 Å². The van der Waals surface area contributed by atoms with Crippen molar-refractivity contribution in [3.63, 3.8) is 0 Å². The highest BCUT2D eigenvalue weighted by atomic mass is 16.6. The van der Waals surface area contributed by atoms with Gasteiger partial charge in [-0.05, 0) is 12.1 Å². The number of allylic oxidation sites excluding steroid dienone is 1. The summed E-state index contributed by atoms with van der Waals surface area (Å²) in [7, 11) is 3.60. The summed E-state index contributed by atoms with van der Waals surface area (Å²) < 4.78 is 5.26. The molecule has 1 aliphatic rings. The Bertz CT molecular complexity index is 592. The molecule has 1 aromatic rings. The van der Waals surface area contributed by atoms with Gasteiger partial charge in [-0.15, -0.1) is 0 Å². The number of morpholine rings is 1. The molecule has 118 valence electrons. The summed E-state index contributed by atoms with van der Waals surface area (Å²) in [4.78, 5) is 26.5. The molecule has 0 saturated carbocycles. The molecule has 1 aliphatic heterocycles. The SMILES string of the molecule is CN(C)/C=C/C(=O)c1ccc(N2CCOCC2)c([N+](=O)[O-])c1. The first-order chi connectivity index (χ1) is 10.5. The van der Waals surface area contributed by atoms with Gasteiger partial charge in [0.05, 0.1) is 18.1 Å². The third-order valence-electron chi connectivity index (χ3n) is 3.33. The maximum absolute atomic E-state index is 12.0. The number of ether oxygens (including phenoxy) is 1. The predicted molar refractivity (Wildman–Crippen MR) is 83.3 cm³/mol. The fourth-order valence-electron chi connectivity index (χ4n) is 2.21. The van der Waals surface area contributed by atoms with E-state index >= 15 is 0 Å². The van der Waals surface area contributed by atoms with E-state index in [1.807, 2.05) is 4.90 Å². The van der Waals surface area contributed by atoms with E-state index in [1.165, 1.54) is 12.1 Å². The first kappa shape index (κ1) is 16.0. The molecule has 0 N–H and O–H groups in total. The van der Waals surface area contributed by atoms with Crippen LogP contribution in [0.3, 0.4) is 0 Å². The van der Waals surface area contributed by atoms with E-state index in [0.717, 1.165) is 0 Å². The predicted octanol–water partition coefficient (Wildman–Crippen LogP) is 1.69. The lowest BCUT2D eigenvalue weighted by Crippen LogP contribution is -2.36. The molecule has 1 saturated heterocycles. The van der Waals surface area contributed by atoms with Gasteiger partial charge in [0.15, 0.2) is 5.78 Å². The minimum atomic E-state index is -0.447. The van der Waals surface area contributed by atoms with Gasteiger partial charge in [0.1, 0.15) is 5.69 Å². The Labute approximate surface area is 128 Å². The van der Waals surface area contributed by atoms with Crippen LogP contribution < -0.4 is 4.90 Å². The number of benzene rings is 1. The number of ketones is 1. The number of rotatable bonds is 5. The largest absolute Gasteiger partial charge is 0.383 e. The van der Waals surface area contributed by atoms with Crippen LogP contribution in [0.1, 0.15) is 10.4 Å². The molecule has 0 amide bonds. The molecule has 0 aliphatic carbocycles. The van der Waals surface area contributed by atoms with Gasteiger partial charge < -0.3 is 14.5 Å². The highest BCUT2D eigenvalue weighted by Gasteiger charge is 2.22. The van der Waals surface area contributed by atoms with Gasteiger partial charge >= 0.3 is 0 Å². The van der Waals surface area contributed by atoms with E-state index in [-0.39, 0.29) is 11.5 Å². The highest BCUT2D eigenvalue weighted by Crippen LogP contribution is 2.30. The molecule has 0 radical (unpaired) electrons. The van der Waals surface area contributed by atoms with Gasteiger partial charge in [-0.2, -0.15) is 0 Å². The van der Waals surface area contributed by atoms with Crippen molar-refractivity contribution in [1.29, 1.82) is 0 Å². The van der Waals surface area contributed by atoms with Crippen molar-refractivity contribution < 1.29 is 14.5 Å². The summed E-state index contributed by atoms with van der Waals surface area (Å²) in [6.45, 7) is 2.30. The fraction of sp³-hybridized carbons (Fsp3) is 0.400. The molecule has 1 fully saturated rings. The number of nitro benzene ring substituents is 1. The van der Waals surface area contributed by atoms with Gasteiger partial charge in [0.25, 0.3) is 5.69 Å². The monoisotopic (exact) mass is 305 g/mol. The summed E-state index contributed by atoms with van der Waals surface area (Å²) in [5.74, 6) is -0.259. The van der Waals surface area contributed by atoms with Crippen LogP contribution in [0.2, 0.25) is 0 Å². The Morgan fingerprint density at radius 2 is 2.05 bits per heavy atom. The van der Waals surface area contributed by atoms with Crippen LogP contribution in [0.4, 0.5) is 11.4 Å². The van der Waals surface area contributed by atoms with Crippen molar-refractivity contribution in [2.75, 3.05) is 45.3 Å². The Kier molecular flexibility index (Phi) is 5.11. The second kappa shape index (κ2) is 7.04. The molecule has 0 atom stereocenters. The van der Waals surface area contributed by atoms with Crippen LogP contribution >= 0.6 is 0 Å². The third-order valence-corrected chi connectivity index (χ3v) is 3.33. The lowest BCUT2D eigenvalue weighted by Gasteiger charge is -2.28. The summed E-state index contributed by atoms with van der Waals surface area (Å²) in [6.07, 6.45) is 3.01. The molecule has 7 nitrogen and oxygen atoms in total. The molecular formula is C15H19N3O4. The molecule has 1 aromatic carbocycles. The minimum absolute atomic E-state index is 0.0500. The average Bonchev–Trinajstić information content (AvgIpc) is 2.52. The van der Waals surface area contributed by atoms with Crippen LogP contribution in [0.5, 0.6) is 0 Å². The van der Waals surface area contributed by atoms with Gasteiger partial charge in [0, 0.05) is 51.1 Å². The van der Waals surface area contributed by atoms with Crippen molar-refractivity contribution in [3.8, 4) is 0 Å². The van der Waals surface area contributed by atoms with E-state index in [2.05, 4.69) is 0 Å². The second-order valence-corrected chi connectivity index (χ2v) is 5.20. The molecule has 1 heterocycles. The Hall–Kier alpha value is -2.41. The zero-order valence-corrected chi connectivity index (χ0v) is 12.7. The summed E-state index contributed by atoms with van der Waals surface area (Å²) in [5.41, 5.74) is 0.786. The maximum Gasteiger partial charge on any atom is 0.293 e. The molecule has 0 unspecified atom stereocenters. The minimum Gasteiger partial charge on any atom is -0.383 e. The van der Waals surface area contributed by atoms with E-state index < -0.39 is 4.92 Å². The molecule has 0 spiro atoms. The fourth-order valence-corrected chi connectivity index (χ4v) is 2.21. The van der Waals surface area contributed by atoms with Crippen LogP contribution in [0.15, 0.2) is 30.5 Å². The van der Waals surface area contributed by atoms with Crippen LogP contribution in [0.25, 0.3) is 0 Å². The number of carbonyl (C=O) groups excluding carboxylic acids is 1. The standard InChI is InChI=1S/C15H19N3O4/c1-16(2)6-5-15(19)12-3-4-13(14(11-12)18(20)21)17-7-9-22-10-8-17/h3-6,11H,7-10H2,1-2H3/b6-5+. The molecule has 0 bridgehead atoms. The number of nitro groups is 1. The first-order valence-electron chi connectivity index (χ1n) is 6.99. The Morgan fingerprint density at radius 3 is 2.64 bits per heavy atom. The van der Waals surface area contributed by atoms with Crippen molar-refractivity contribution in [1.82, 2.24) is 4.90 Å². The normalized spacial score (nSPS) is 15.1. The van der Waals surface area contributed by atoms with Crippen LogP contribution in [0, 0.1) is 10.1 Å². The van der Waals surface area contributed by atoms with Crippen molar-refractivity contribution in [3.05, 3.63) is 46.2 Å². The lowest BCUT2D eigenvalue weighted by molar-refractivity contribution is -0.384. The van der Waals surface area contributed by atoms with E-state index in [4.69, 9.17) is 4.74 Å². The number of anilines is 1. The van der Waals surface area contributed by atoms with Gasteiger partial charge in [-0.1, -0.05) is 0 Å². The van der Waals surface area contributed by atoms with Gasteiger partial charge in [0.2, 0.25) is 0 Å². The number of hydrogen-bond acceptors (Lipinski definition) is 6. The zero-order chi connectivity index (χ0) is 16.1. The summed E-state index contributed by atoms with van der Waals surface area (Å²) >= 11 is 0. The Balaban J connectivity index is 2.30. The van der Waals surface area contributed by atoms with E-state index in [9.17, 15) is 14.9 Å². The topological polar surface area (TPSA) is 75.9 Å². The zero-order valence-electron chi connectivity index (χ0n) is 12.7. The summed E-state index contributed by atoms with van der Waals surface area (Å²) in [6, 6.07) is 4.60. The van der Waals surface area contributed by atoms with Crippen LogP contribution in [-0.2, 0) is 4.74 Å². The number of hydrogen-bond donors (Lipinski definition) is 0. The second-order valence-electron chi connectivity index (χ2n) is 5.20. The number of carbonyl (C=O) groups is 1. The molecule has 2 rings (SSSR count). The molecular weight excluding hydrogens is 286 g/mol. The van der Waals surface area contributed by atoms with Gasteiger partial charge in [-0.25, -0.2) is 0 Å². The Morgan fingerprint density at radius 1 is 1.36 bits per heavy atom. The van der Waals surface area contributed by atoms with Crippen molar-refractivity contribution in [2.45, 2.75) is 0 Å². The molecule has 22 heavy (non-hydrogen) atoms. The van der Waals surface area contributed by atoms with Crippen LogP contribution in [-0.4, -0.2) is 56.0 Å². The average molecular weight is 305 g/mol. The maximum atomic E-state index is 12.0. The van der Waals surface area contributed by atoms with Crippen molar-refractivity contribution >= 4 is 17.2 Å². The smallest absolute Gasteiger partial charge is 0.293 e. The third kappa shape index (κ3) is 3.82.